The standard InChI is InChI=1S/C22H28N8O/c1-7-28-13-19(15(4)25-28)20-9-10-23-21-17(11-24-30(20)21)22(31)27(6)12-18-14(3)26-29(8-2)16(18)5/h9-11,13H,7-8,12H2,1-6H3. The molecule has 4 rings (SSSR count). The van der Waals surface area contributed by atoms with E-state index in [2.05, 4.69) is 27.2 Å². The summed E-state index contributed by atoms with van der Waals surface area (Å²) >= 11 is 0. The Balaban J connectivity index is 1.68. The van der Waals surface area contributed by atoms with Gasteiger partial charge in [-0.15, -0.1) is 0 Å². The summed E-state index contributed by atoms with van der Waals surface area (Å²) in [4.78, 5) is 19.4. The Kier molecular flexibility index (Phi) is 5.34. The lowest BCUT2D eigenvalue weighted by Crippen LogP contribution is -2.26. The minimum Gasteiger partial charge on any atom is -0.337 e. The van der Waals surface area contributed by atoms with E-state index in [1.165, 1.54) is 0 Å². The van der Waals surface area contributed by atoms with Gasteiger partial charge in [-0.1, -0.05) is 0 Å². The summed E-state index contributed by atoms with van der Waals surface area (Å²) in [5, 5.41) is 13.6. The summed E-state index contributed by atoms with van der Waals surface area (Å²) in [5.41, 5.74) is 6.87. The third-order valence-corrected chi connectivity index (χ3v) is 5.75. The predicted molar refractivity (Wildman–Crippen MR) is 118 cm³/mol. The number of fused-ring (bicyclic) bond motifs is 1. The van der Waals surface area contributed by atoms with Crippen molar-refractivity contribution in [2.45, 2.75) is 54.3 Å². The van der Waals surface area contributed by atoms with E-state index in [0.717, 1.165) is 47.0 Å². The third-order valence-electron chi connectivity index (χ3n) is 5.75. The molecule has 9 heteroatoms. The molecule has 0 N–H and O–H groups in total. The first-order chi connectivity index (χ1) is 14.8. The molecule has 0 aromatic carbocycles. The van der Waals surface area contributed by atoms with Gasteiger partial charge in [-0.3, -0.25) is 14.2 Å². The van der Waals surface area contributed by atoms with Crippen LogP contribution >= 0.6 is 0 Å². The summed E-state index contributed by atoms with van der Waals surface area (Å²) in [7, 11) is 1.80. The van der Waals surface area contributed by atoms with Crippen molar-refractivity contribution in [1.29, 1.82) is 0 Å². The molecule has 0 spiro atoms. The average molecular weight is 421 g/mol. The normalized spacial score (nSPS) is 11.4. The molecule has 4 aromatic heterocycles. The summed E-state index contributed by atoms with van der Waals surface area (Å²) in [5.74, 6) is -0.122. The van der Waals surface area contributed by atoms with Crippen LogP contribution < -0.4 is 0 Å². The Morgan fingerprint density at radius 3 is 2.52 bits per heavy atom. The quantitative estimate of drug-likeness (QED) is 0.479. The molecule has 0 saturated heterocycles. The molecule has 0 bridgehead atoms. The molecule has 9 nitrogen and oxygen atoms in total. The molecule has 4 aromatic rings. The van der Waals surface area contributed by atoms with Crippen molar-refractivity contribution in [2.24, 2.45) is 0 Å². The Bertz CT molecular complexity index is 1260. The summed E-state index contributed by atoms with van der Waals surface area (Å²) in [6.07, 6.45) is 5.31. The number of nitrogens with zero attached hydrogens (tertiary/aromatic N) is 8. The molecular weight excluding hydrogens is 392 g/mol. The topological polar surface area (TPSA) is 86.1 Å². The third kappa shape index (κ3) is 3.49. The molecule has 0 aliphatic rings. The summed E-state index contributed by atoms with van der Waals surface area (Å²) in [6, 6.07) is 1.90. The molecule has 0 atom stereocenters. The summed E-state index contributed by atoms with van der Waals surface area (Å²) < 4.78 is 5.57. The van der Waals surface area contributed by atoms with Gasteiger partial charge < -0.3 is 4.90 Å². The minimum atomic E-state index is -0.122. The highest BCUT2D eigenvalue weighted by molar-refractivity contribution is 5.99. The van der Waals surface area contributed by atoms with Crippen LogP contribution in [-0.2, 0) is 19.6 Å². The van der Waals surface area contributed by atoms with Gasteiger partial charge in [-0.2, -0.15) is 15.3 Å². The molecule has 31 heavy (non-hydrogen) atoms. The average Bonchev–Trinajstić information content (AvgIpc) is 3.44. The predicted octanol–water partition coefficient (Wildman–Crippen LogP) is 3.03. The molecule has 0 saturated carbocycles. The summed E-state index contributed by atoms with van der Waals surface area (Å²) in [6.45, 7) is 12.2. The van der Waals surface area contributed by atoms with Crippen molar-refractivity contribution in [3.05, 3.63) is 52.9 Å². The molecule has 4 heterocycles. The fourth-order valence-corrected chi connectivity index (χ4v) is 3.96. The highest BCUT2D eigenvalue weighted by atomic mass is 16.2. The molecule has 1 amide bonds. The lowest BCUT2D eigenvalue weighted by atomic mass is 10.1. The lowest BCUT2D eigenvalue weighted by molar-refractivity contribution is 0.0786. The second-order valence-corrected chi connectivity index (χ2v) is 7.73. The van der Waals surface area contributed by atoms with Crippen LogP contribution in [0.15, 0.2) is 24.7 Å². The van der Waals surface area contributed by atoms with Crippen LogP contribution in [0.2, 0.25) is 0 Å². The molecule has 162 valence electrons. The Hall–Kier alpha value is -3.49. The molecule has 0 aliphatic carbocycles. The second kappa shape index (κ2) is 7.98. The number of carbonyl (C=O) groups is 1. The fourth-order valence-electron chi connectivity index (χ4n) is 3.96. The second-order valence-electron chi connectivity index (χ2n) is 7.73. The zero-order valence-electron chi connectivity index (χ0n) is 18.9. The highest BCUT2D eigenvalue weighted by Gasteiger charge is 2.22. The van der Waals surface area contributed by atoms with Crippen molar-refractivity contribution in [2.75, 3.05) is 7.05 Å². The maximum absolute atomic E-state index is 13.3. The molecule has 0 radical (unpaired) electrons. The van der Waals surface area contributed by atoms with Gasteiger partial charge in [0, 0.05) is 55.9 Å². The Labute approximate surface area is 181 Å². The van der Waals surface area contributed by atoms with E-state index in [1.54, 1.807) is 28.9 Å². The van der Waals surface area contributed by atoms with Crippen LogP contribution in [-0.4, -0.2) is 52.0 Å². The smallest absolute Gasteiger partial charge is 0.259 e. The molecule has 0 unspecified atom stereocenters. The first kappa shape index (κ1) is 20.8. The van der Waals surface area contributed by atoms with Crippen molar-refractivity contribution < 1.29 is 4.79 Å². The Morgan fingerprint density at radius 2 is 1.87 bits per heavy atom. The number of amides is 1. The maximum atomic E-state index is 13.3. The van der Waals surface area contributed by atoms with Crippen LogP contribution in [0.4, 0.5) is 0 Å². The lowest BCUT2D eigenvalue weighted by Gasteiger charge is -2.17. The number of hydrogen-bond donors (Lipinski definition) is 0. The molecule has 0 aliphatic heterocycles. The Morgan fingerprint density at radius 1 is 1.10 bits per heavy atom. The van der Waals surface area contributed by atoms with E-state index in [9.17, 15) is 4.79 Å². The van der Waals surface area contributed by atoms with E-state index >= 15 is 0 Å². The van der Waals surface area contributed by atoms with E-state index in [4.69, 9.17) is 0 Å². The molecular formula is C22H28N8O. The molecule has 0 fully saturated rings. The monoisotopic (exact) mass is 420 g/mol. The van der Waals surface area contributed by atoms with Crippen LogP contribution in [0, 0.1) is 20.8 Å². The number of hydrogen-bond acceptors (Lipinski definition) is 5. The van der Waals surface area contributed by atoms with Crippen molar-refractivity contribution in [1.82, 2.24) is 39.1 Å². The number of aryl methyl sites for hydroxylation is 4. The maximum Gasteiger partial charge on any atom is 0.259 e. The zero-order valence-corrected chi connectivity index (χ0v) is 18.9. The van der Waals surface area contributed by atoms with Gasteiger partial charge >= 0.3 is 0 Å². The SMILES string of the molecule is CCn1cc(-c2ccnc3c(C(=O)N(C)Cc4c(C)nn(CC)c4C)cnn23)c(C)n1. The van der Waals surface area contributed by atoms with Gasteiger partial charge in [0.15, 0.2) is 5.65 Å². The van der Waals surface area contributed by atoms with E-state index in [1.807, 2.05) is 49.3 Å². The van der Waals surface area contributed by atoms with Crippen molar-refractivity contribution in [3.8, 4) is 11.3 Å². The van der Waals surface area contributed by atoms with E-state index in [-0.39, 0.29) is 5.91 Å². The van der Waals surface area contributed by atoms with Crippen LogP contribution in [0.5, 0.6) is 0 Å². The van der Waals surface area contributed by atoms with Gasteiger partial charge in [0.05, 0.1) is 23.3 Å². The number of rotatable bonds is 6. The van der Waals surface area contributed by atoms with E-state index < -0.39 is 0 Å². The van der Waals surface area contributed by atoms with Gasteiger partial charge in [-0.05, 0) is 40.7 Å². The first-order valence-electron chi connectivity index (χ1n) is 10.5. The largest absolute Gasteiger partial charge is 0.337 e. The van der Waals surface area contributed by atoms with Crippen molar-refractivity contribution in [3.63, 3.8) is 0 Å². The fraction of sp³-hybridized carbons (Fsp3) is 0.409. The van der Waals surface area contributed by atoms with Gasteiger partial charge in [-0.25, -0.2) is 9.50 Å². The first-order valence-corrected chi connectivity index (χ1v) is 10.5. The number of carbonyl (C=O) groups excluding carboxylic acids is 1. The minimum absolute atomic E-state index is 0.122. The van der Waals surface area contributed by atoms with Crippen LogP contribution in [0.25, 0.3) is 16.9 Å². The van der Waals surface area contributed by atoms with Gasteiger partial charge in [0.1, 0.15) is 5.56 Å². The number of aromatic nitrogens is 7. The van der Waals surface area contributed by atoms with Crippen molar-refractivity contribution >= 4 is 11.6 Å². The van der Waals surface area contributed by atoms with Gasteiger partial charge in [0.2, 0.25) is 0 Å². The van der Waals surface area contributed by atoms with E-state index in [0.29, 0.717) is 17.8 Å². The van der Waals surface area contributed by atoms with Gasteiger partial charge in [0.25, 0.3) is 5.91 Å². The van der Waals surface area contributed by atoms with Crippen LogP contribution in [0.1, 0.15) is 46.9 Å². The zero-order chi connectivity index (χ0) is 22.3. The highest BCUT2D eigenvalue weighted by Crippen LogP contribution is 2.24. The van der Waals surface area contributed by atoms with Crippen LogP contribution in [0.3, 0.4) is 0 Å².